The molecule has 1 rings (SSSR count). The van der Waals surface area contributed by atoms with Crippen LogP contribution in [0.5, 0.6) is 0 Å². The molecule has 0 bridgehead atoms. The maximum absolute atomic E-state index is 12.0. The number of carboxylic acids is 1. The number of carbonyl (C=O) groups is 2. The molecule has 0 aromatic rings. The molecule has 1 aliphatic heterocycles. The van der Waals surface area contributed by atoms with Crippen molar-refractivity contribution in [1.82, 2.24) is 4.90 Å². The minimum absolute atomic E-state index is 0.0255. The number of amides is 1. The van der Waals surface area contributed by atoms with Crippen LogP contribution >= 0.6 is 0 Å². The molecule has 2 atom stereocenters. The van der Waals surface area contributed by atoms with Gasteiger partial charge in [0.1, 0.15) is 0 Å². The quantitative estimate of drug-likeness (QED) is 0.796. The number of carbonyl (C=O) groups excluding carboxylic acids is 1. The predicted molar refractivity (Wildman–Crippen MR) is 61.0 cm³/mol. The van der Waals surface area contributed by atoms with Gasteiger partial charge in [-0.2, -0.15) is 0 Å². The van der Waals surface area contributed by atoms with Crippen LogP contribution in [0.15, 0.2) is 0 Å². The molecule has 1 unspecified atom stereocenters. The Morgan fingerprint density at radius 1 is 1.50 bits per heavy atom. The fraction of sp³-hybridized carbons (Fsp3) is 0.833. The van der Waals surface area contributed by atoms with Crippen LogP contribution in [-0.2, 0) is 9.59 Å². The summed E-state index contributed by atoms with van der Waals surface area (Å²) in [5, 5.41) is 8.94. The van der Waals surface area contributed by atoms with Crippen molar-refractivity contribution in [2.24, 2.45) is 11.8 Å². The summed E-state index contributed by atoms with van der Waals surface area (Å²) in [7, 11) is 0. The highest BCUT2D eigenvalue weighted by molar-refractivity contribution is 5.79. The summed E-state index contributed by atoms with van der Waals surface area (Å²) in [6, 6.07) is 0. The van der Waals surface area contributed by atoms with Crippen LogP contribution in [0.25, 0.3) is 0 Å². The van der Waals surface area contributed by atoms with Crippen molar-refractivity contribution in [2.45, 2.75) is 39.5 Å². The Morgan fingerprint density at radius 3 is 2.75 bits per heavy atom. The Kier molecular flexibility index (Phi) is 4.77. The zero-order valence-corrected chi connectivity index (χ0v) is 10.1. The summed E-state index contributed by atoms with van der Waals surface area (Å²) < 4.78 is 0. The minimum Gasteiger partial charge on any atom is -0.481 e. The molecule has 1 fully saturated rings. The first-order chi connectivity index (χ1) is 7.56. The molecule has 0 aromatic heterocycles. The van der Waals surface area contributed by atoms with Crippen LogP contribution in [0, 0.1) is 11.8 Å². The zero-order valence-electron chi connectivity index (χ0n) is 10.1. The Labute approximate surface area is 96.6 Å². The normalized spacial score (nSPS) is 22.9. The third-order valence-electron chi connectivity index (χ3n) is 3.23. The summed E-state index contributed by atoms with van der Waals surface area (Å²) >= 11 is 0. The smallest absolute Gasteiger partial charge is 0.308 e. The Balaban J connectivity index is 2.53. The molecule has 4 heteroatoms. The molecule has 1 aliphatic rings. The standard InChI is InChI=1S/C12H21NO3/c1-3-5-9(2)11(14)13-7-4-6-10(8-13)12(15)16/h9-10H,3-8H2,1-2H3,(H,15,16)/t9?,10-/m1/s1. The van der Waals surface area contributed by atoms with Crippen molar-refractivity contribution in [3.8, 4) is 0 Å². The van der Waals surface area contributed by atoms with Crippen molar-refractivity contribution in [1.29, 1.82) is 0 Å². The molecule has 16 heavy (non-hydrogen) atoms. The Hall–Kier alpha value is -1.06. The van der Waals surface area contributed by atoms with E-state index in [1.807, 2.05) is 6.92 Å². The van der Waals surface area contributed by atoms with Crippen molar-refractivity contribution in [3.05, 3.63) is 0 Å². The summed E-state index contributed by atoms with van der Waals surface area (Å²) in [5.41, 5.74) is 0. The van der Waals surface area contributed by atoms with Crippen molar-refractivity contribution in [3.63, 3.8) is 0 Å². The molecule has 1 heterocycles. The molecular weight excluding hydrogens is 206 g/mol. The molecule has 1 amide bonds. The second-order valence-corrected chi connectivity index (χ2v) is 4.65. The number of piperidine rings is 1. The van der Waals surface area contributed by atoms with Crippen LogP contribution in [-0.4, -0.2) is 35.0 Å². The second-order valence-electron chi connectivity index (χ2n) is 4.65. The number of nitrogens with zero attached hydrogens (tertiary/aromatic N) is 1. The van der Waals surface area contributed by atoms with E-state index < -0.39 is 5.97 Å². The first kappa shape index (κ1) is 13.0. The summed E-state index contributed by atoms with van der Waals surface area (Å²) in [6.45, 7) is 5.09. The number of hydrogen-bond donors (Lipinski definition) is 1. The Morgan fingerprint density at radius 2 is 2.19 bits per heavy atom. The van der Waals surface area contributed by atoms with E-state index in [4.69, 9.17) is 5.11 Å². The number of likely N-dealkylation sites (tertiary alicyclic amines) is 1. The van der Waals surface area contributed by atoms with Crippen molar-refractivity contribution >= 4 is 11.9 Å². The third kappa shape index (κ3) is 3.22. The summed E-state index contributed by atoms with van der Waals surface area (Å²) in [5.74, 6) is -1.00. The monoisotopic (exact) mass is 227 g/mol. The van der Waals surface area contributed by atoms with Gasteiger partial charge in [0.25, 0.3) is 0 Å². The van der Waals surface area contributed by atoms with E-state index in [0.29, 0.717) is 13.0 Å². The number of aliphatic carboxylic acids is 1. The van der Waals surface area contributed by atoms with E-state index in [-0.39, 0.29) is 17.7 Å². The van der Waals surface area contributed by atoms with Crippen LogP contribution in [0.2, 0.25) is 0 Å². The molecule has 0 spiro atoms. The number of rotatable bonds is 4. The first-order valence-electron chi connectivity index (χ1n) is 6.07. The fourth-order valence-electron chi connectivity index (χ4n) is 2.25. The van der Waals surface area contributed by atoms with E-state index in [0.717, 1.165) is 25.8 Å². The SMILES string of the molecule is CCCC(C)C(=O)N1CCC[C@@H](C(=O)O)C1. The highest BCUT2D eigenvalue weighted by Gasteiger charge is 2.29. The lowest BCUT2D eigenvalue weighted by atomic mass is 9.96. The molecular formula is C12H21NO3. The molecule has 0 aliphatic carbocycles. The lowest BCUT2D eigenvalue weighted by Gasteiger charge is -2.32. The molecule has 92 valence electrons. The number of hydrogen-bond acceptors (Lipinski definition) is 2. The van der Waals surface area contributed by atoms with Gasteiger partial charge in [-0.25, -0.2) is 0 Å². The van der Waals surface area contributed by atoms with Gasteiger partial charge in [-0.1, -0.05) is 20.3 Å². The van der Waals surface area contributed by atoms with Gasteiger partial charge in [0, 0.05) is 19.0 Å². The van der Waals surface area contributed by atoms with Crippen LogP contribution < -0.4 is 0 Å². The van der Waals surface area contributed by atoms with Crippen LogP contribution in [0.3, 0.4) is 0 Å². The summed E-state index contributed by atoms with van der Waals surface area (Å²) in [4.78, 5) is 24.6. The largest absolute Gasteiger partial charge is 0.481 e. The highest BCUT2D eigenvalue weighted by Crippen LogP contribution is 2.19. The molecule has 4 nitrogen and oxygen atoms in total. The fourth-order valence-corrected chi connectivity index (χ4v) is 2.25. The first-order valence-corrected chi connectivity index (χ1v) is 6.07. The Bertz CT molecular complexity index is 265. The average molecular weight is 227 g/mol. The minimum atomic E-state index is -0.777. The molecule has 1 saturated heterocycles. The van der Waals surface area contributed by atoms with E-state index in [2.05, 4.69) is 6.92 Å². The number of carboxylic acid groups (broad SMARTS) is 1. The maximum Gasteiger partial charge on any atom is 0.308 e. The third-order valence-corrected chi connectivity index (χ3v) is 3.23. The lowest BCUT2D eigenvalue weighted by Crippen LogP contribution is -2.44. The molecule has 0 radical (unpaired) electrons. The molecule has 0 saturated carbocycles. The van der Waals surface area contributed by atoms with Gasteiger partial charge in [-0.3, -0.25) is 9.59 Å². The van der Waals surface area contributed by atoms with E-state index in [1.54, 1.807) is 4.90 Å². The highest BCUT2D eigenvalue weighted by atomic mass is 16.4. The van der Waals surface area contributed by atoms with Gasteiger partial charge in [-0.15, -0.1) is 0 Å². The average Bonchev–Trinajstić information content (AvgIpc) is 2.28. The van der Waals surface area contributed by atoms with Crippen LogP contribution in [0.1, 0.15) is 39.5 Å². The van der Waals surface area contributed by atoms with E-state index in [1.165, 1.54) is 0 Å². The molecule has 0 aromatic carbocycles. The van der Waals surface area contributed by atoms with Crippen molar-refractivity contribution in [2.75, 3.05) is 13.1 Å². The van der Waals surface area contributed by atoms with Gasteiger partial charge >= 0.3 is 5.97 Å². The van der Waals surface area contributed by atoms with Crippen molar-refractivity contribution < 1.29 is 14.7 Å². The van der Waals surface area contributed by atoms with Gasteiger partial charge < -0.3 is 10.0 Å². The van der Waals surface area contributed by atoms with Crippen LogP contribution in [0.4, 0.5) is 0 Å². The van der Waals surface area contributed by atoms with Gasteiger partial charge in [0.15, 0.2) is 0 Å². The maximum atomic E-state index is 12.0. The van der Waals surface area contributed by atoms with E-state index >= 15 is 0 Å². The van der Waals surface area contributed by atoms with E-state index in [9.17, 15) is 9.59 Å². The predicted octanol–water partition coefficient (Wildman–Crippen LogP) is 1.75. The van der Waals surface area contributed by atoms with Gasteiger partial charge in [0.2, 0.25) is 5.91 Å². The summed E-state index contributed by atoms with van der Waals surface area (Å²) in [6.07, 6.45) is 3.37. The van der Waals surface area contributed by atoms with Gasteiger partial charge in [-0.05, 0) is 19.3 Å². The lowest BCUT2D eigenvalue weighted by molar-refractivity contribution is -0.146. The zero-order chi connectivity index (χ0) is 12.1. The van der Waals surface area contributed by atoms with Gasteiger partial charge in [0.05, 0.1) is 5.92 Å². The molecule has 1 N–H and O–H groups in total. The topological polar surface area (TPSA) is 57.6 Å². The second kappa shape index (κ2) is 5.87.